The number of methoxy groups -OCH3 is 2. The number of phenolic OH excluding ortho intramolecular Hbond substituents is 1. The molecule has 131 heavy (non-hydrogen) atoms. The van der Waals surface area contributed by atoms with Crippen LogP contribution in [0.1, 0.15) is 153 Å². The maximum atomic E-state index is 15.4. The fourth-order valence-corrected chi connectivity index (χ4v) is 20.8. The number of phenols is 1. The zero-order valence-corrected chi connectivity index (χ0v) is 79.7. The highest BCUT2D eigenvalue weighted by molar-refractivity contribution is 8.77. The van der Waals surface area contributed by atoms with Crippen LogP contribution in [0.2, 0.25) is 5.02 Å². The number of alkyl carbamates (subject to hydrolysis) is 1. The number of benzene rings is 4. The number of aromatic hydroxyl groups is 1. The molecule has 0 unspecified atom stereocenters. The van der Waals surface area contributed by atoms with Gasteiger partial charge in [0.1, 0.15) is 82.7 Å². The number of rotatable bonds is 33. The second-order valence-corrected chi connectivity index (χ2v) is 39.6. The van der Waals surface area contributed by atoms with Crippen molar-refractivity contribution in [3.63, 3.8) is 0 Å². The Bertz CT molecular complexity index is 4800. The Labute approximate surface area is 784 Å². The summed E-state index contributed by atoms with van der Waals surface area (Å²) in [4.78, 5) is 191. The van der Waals surface area contributed by atoms with Crippen LogP contribution in [0.15, 0.2) is 121 Å². The van der Waals surface area contributed by atoms with E-state index in [-0.39, 0.29) is 98.8 Å². The van der Waals surface area contributed by atoms with Gasteiger partial charge in [0.2, 0.25) is 53.2 Å². The molecule has 38 heteroatoms. The number of allylic oxidation sites excluding steroid dienone is 4. The number of hydrogen-bond acceptors (Lipinski definition) is 27. The topological polar surface area (TPSA) is 481 Å². The van der Waals surface area contributed by atoms with E-state index in [0.717, 1.165) is 43.9 Å². The summed E-state index contributed by atoms with van der Waals surface area (Å²) in [5.41, 5.74) is 8.15. The zero-order valence-electron chi connectivity index (χ0n) is 75.7. The summed E-state index contributed by atoms with van der Waals surface area (Å²) < 4.78 is 29.7. The molecule has 4 heterocycles. The number of anilines is 1. The fourth-order valence-electron chi connectivity index (χ4n) is 16.1. The molecule has 18 atom stereocenters. The number of aliphatic hydroxyl groups is 3. The van der Waals surface area contributed by atoms with Gasteiger partial charge >= 0.3 is 12.1 Å². The first-order chi connectivity index (χ1) is 62.4. The van der Waals surface area contributed by atoms with Crippen molar-refractivity contribution in [2.45, 2.75) is 247 Å². The number of amides is 10. The van der Waals surface area contributed by atoms with Crippen molar-refractivity contribution in [3.8, 4) is 11.5 Å². The summed E-state index contributed by atoms with van der Waals surface area (Å²) in [6, 6.07) is 14.1. The molecule has 10 amide bonds. The van der Waals surface area contributed by atoms with Crippen LogP contribution in [0.4, 0.5) is 10.5 Å². The summed E-state index contributed by atoms with van der Waals surface area (Å²) in [5.74, 6) is -10.7. The lowest BCUT2D eigenvalue weighted by molar-refractivity contribution is -0.162. The van der Waals surface area contributed by atoms with Crippen molar-refractivity contribution < 1.29 is 106 Å². The summed E-state index contributed by atoms with van der Waals surface area (Å²) in [6.45, 7) is 11.2. The zero-order chi connectivity index (χ0) is 95.6. The normalized spacial score (nSPS) is 26.1. The van der Waals surface area contributed by atoms with E-state index in [1.165, 1.54) is 92.6 Å². The number of fused-ring (bicyclic) bond motifs is 6. The number of nitrogens with two attached hydrogens (primary N) is 1. The first-order valence-electron chi connectivity index (χ1n) is 44.1. The van der Waals surface area contributed by atoms with Crippen molar-refractivity contribution in [3.05, 3.63) is 154 Å². The monoisotopic (exact) mass is 1910 g/mol. The number of ketones is 2. The van der Waals surface area contributed by atoms with Crippen molar-refractivity contribution in [1.82, 2.24) is 47.4 Å². The van der Waals surface area contributed by atoms with Crippen LogP contribution in [0.3, 0.4) is 0 Å². The van der Waals surface area contributed by atoms with Crippen LogP contribution in [-0.2, 0) is 102 Å². The number of nitrogens with one attached hydrogen (secondary N) is 8. The number of ether oxygens (including phenoxy) is 5. The number of nitrogens with zero attached hydrogens (tertiary/aromatic N) is 2. The Morgan fingerprint density at radius 1 is 0.809 bits per heavy atom. The Balaban J connectivity index is 0.889. The molecule has 714 valence electrons. The number of halogens is 1. The summed E-state index contributed by atoms with van der Waals surface area (Å²) in [5, 5.41) is 66.8. The van der Waals surface area contributed by atoms with Gasteiger partial charge in [-0.15, -0.1) is 0 Å². The number of carbonyl (C=O) groups is 13. The number of carbonyl (C=O) groups excluding carboxylic acids is 13. The number of unbranched alkanes of at least 4 members (excludes halogenated alkanes) is 1. The molecular weight excluding hydrogens is 1790 g/mol. The first-order valence-corrected chi connectivity index (χ1v) is 49.4. The van der Waals surface area contributed by atoms with E-state index in [9.17, 15) is 68.4 Å². The quantitative estimate of drug-likeness (QED) is 0.00996. The standard InChI is InChI=1S/C93H124ClN11O22S4/c1-12-22-77(111)96-66(43-57-24-14-13-15-25-57)86(116)99-68-50-130-131-51-69(100-89(119)82(56(6)107)102-85(115)65(28-18-19-38-95)97-87(117)67(46-61-34-33-60-26-16-17-27-64(60)61)98-84(114)62(47-72(68)110)42-58-31-35-63(108)36-32-58)88(118)101-81(55(5)106)71(109)29-21-39-128-129-40-37-78(112)104(8)54(4)90(120)126-76-48-79(113)105(9)70-44-59(45-73(123-10)80(70)94)41-52(2)23-20-30-75(124-11)93(122)49-74(125-91(121)103-93)53(3)83-92(76,7)127-83/h13-17,20,23-27,30-32,34-36,44-45,53-56,62,65-69,74-76,81-83,106-108,122H,12,18-19,21-22,28-29,33,37-43,46-51,95H2,1-11H3,(H,96,111)(H,97,117)(H,98,114)(H,99,116)(H,100,119)(H,101,118)(H,102,115)(H,103,121)/b30-20+,52-23+/t53-,54+,55-,56-,62-,65+,66-,67-,68+,69+,74+,75-,76+,81+,82+,83+,92+,93+/m1/s1. The van der Waals surface area contributed by atoms with Crippen LogP contribution in [-0.4, -0.2) is 256 Å². The van der Waals surface area contributed by atoms with Gasteiger partial charge in [-0.1, -0.05) is 165 Å². The van der Waals surface area contributed by atoms with Crippen LogP contribution in [0.25, 0.3) is 5.57 Å². The second kappa shape index (κ2) is 50.0. The first kappa shape index (κ1) is 105. The predicted molar refractivity (Wildman–Crippen MR) is 502 cm³/mol. The SMILES string of the molecule is CCCC(=O)N[C@H](Cc1ccccc1)C(=O)N[C@H]1CSSC[C@@H](C(=O)N[C@H](C(=O)CCCSSCCC(=O)N(C)[C@@H](C)C(=O)O[C@H]2CC(=O)N(C)c3cc(cc(OC)c3Cl)C/C(C)=C/C=C/[C@@H](OC)[C@@]3(O)C[C@H](OC(=O)N3)[C@@H](C)[C@@H]3O[C@@]23C)[C@@H](C)O)NC(=O)[C@H]([C@@H](C)O)NC(=O)[C@H](CCCCN)NC(=O)[C@@H](CC2=CCc3ccccc32)NC(=O)[C@H](Cc2ccc(O)cc2)CC1=O. The van der Waals surface area contributed by atoms with Crippen molar-refractivity contribution in [2.24, 2.45) is 17.6 Å². The van der Waals surface area contributed by atoms with Gasteiger partial charge in [0.05, 0.1) is 43.6 Å². The molecule has 0 saturated carbocycles. The van der Waals surface area contributed by atoms with Crippen LogP contribution < -0.4 is 57.9 Å². The van der Waals surface area contributed by atoms with E-state index in [4.69, 9.17) is 41.0 Å². The molecule has 5 aliphatic rings. The van der Waals surface area contributed by atoms with E-state index in [1.807, 2.05) is 43.3 Å². The van der Waals surface area contributed by atoms with Crippen LogP contribution >= 0.6 is 54.8 Å². The van der Waals surface area contributed by atoms with Gasteiger partial charge in [-0.05, 0) is 150 Å². The second-order valence-electron chi connectivity index (χ2n) is 34.0. The average molecular weight is 1910 g/mol. The Hall–Kier alpha value is -9.54. The number of hydrogen-bond donors (Lipinski definition) is 13. The predicted octanol–water partition coefficient (Wildman–Crippen LogP) is 6.91. The third-order valence-electron chi connectivity index (χ3n) is 24.0. The lowest BCUT2D eigenvalue weighted by Crippen LogP contribution is -2.63. The van der Waals surface area contributed by atoms with Crippen molar-refractivity contribution in [1.29, 1.82) is 0 Å². The molecule has 0 aromatic heterocycles. The molecule has 14 N–H and O–H groups in total. The largest absolute Gasteiger partial charge is 0.508 e. The molecule has 4 bridgehead atoms. The summed E-state index contributed by atoms with van der Waals surface area (Å²) in [7, 11) is 10.3. The van der Waals surface area contributed by atoms with E-state index in [2.05, 4.69) is 42.5 Å². The van der Waals surface area contributed by atoms with Gasteiger partial charge in [-0.2, -0.15) is 0 Å². The number of likely N-dealkylation sites (N-methyl/N-ethyl adjacent to an activating group) is 1. The lowest BCUT2D eigenvalue weighted by atomic mass is 9.83. The minimum absolute atomic E-state index is 0.00766. The summed E-state index contributed by atoms with van der Waals surface area (Å²) in [6.07, 6.45) is -0.547. The third-order valence-corrected chi connectivity index (χ3v) is 29.3. The van der Waals surface area contributed by atoms with Crippen molar-refractivity contribution in [2.75, 3.05) is 62.8 Å². The highest BCUT2D eigenvalue weighted by Gasteiger charge is 2.65. The number of Topliss-reactive ketones (excluding diaryl/α,β-unsaturated/α-hetero) is 2. The molecule has 4 aromatic rings. The molecular formula is C93H124ClN11O22S4. The minimum Gasteiger partial charge on any atom is -0.508 e. The molecule has 9 rings (SSSR count). The van der Waals surface area contributed by atoms with Gasteiger partial charge in [-0.25, -0.2) is 9.59 Å². The molecule has 33 nitrogen and oxygen atoms in total. The van der Waals surface area contributed by atoms with Gasteiger partial charge in [0.25, 0.3) is 0 Å². The smallest absolute Gasteiger partial charge is 0.409 e. The third kappa shape index (κ3) is 29.7. The molecule has 4 aliphatic heterocycles. The van der Waals surface area contributed by atoms with E-state index in [0.29, 0.717) is 59.6 Å². The molecule has 0 radical (unpaired) electrons. The maximum Gasteiger partial charge on any atom is 0.409 e. The highest BCUT2D eigenvalue weighted by atomic mass is 35.5. The van der Waals surface area contributed by atoms with E-state index >= 15 is 14.4 Å². The van der Waals surface area contributed by atoms with Gasteiger partial charge in [-0.3, -0.25) is 58.1 Å². The summed E-state index contributed by atoms with van der Waals surface area (Å²) >= 11 is 6.89. The number of esters is 1. The van der Waals surface area contributed by atoms with E-state index < -0.39 is 198 Å². The van der Waals surface area contributed by atoms with Crippen LogP contribution in [0, 0.1) is 11.8 Å². The maximum absolute atomic E-state index is 15.4. The minimum atomic E-state index is -1.94. The lowest BCUT2D eigenvalue weighted by Gasteiger charge is -2.42. The van der Waals surface area contributed by atoms with Gasteiger partial charge in [0.15, 0.2) is 17.3 Å². The average Bonchev–Trinajstić information content (AvgIpc) is 1.57. The number of aliphatic hydroxyl groups excluding tert-OH is 2. The van der Waals surface area contributed by atoms with Crippen LogP contribution in [0.5, 0.6) is 11.5 Å². The highest BCUT2D eigenvalue weighted by Crippen LogP contribution is 2.50. The fraction of sp³-hybridized carbons (Fsp3) is 0.538. The van der Waals surface area contributed by atoms with Gasteiger partial charge in [0, 0.05) is 101 Å². The van der Waals surface area contributed by atoms with Crippen molar-refractivity contribution >= 4 is 143 Å². The molecule has 1 aliphatic carbocycles. The van der Waals surface area contributed by atoms with E-state index in [1.54, 1.807) is 87.5 Å². The molecule has 4 aromatic carbocycles. The molecule has 3 saturated heterocycles. The Morgan fingerprint density at radius 3 is 2.20 bits per heavy atom. The Kier molecular flexibility index (Phi) is 40.1. The Morgan fingerprint density at radius 2 is 1.50 bits per heavy atom. The number of epoxide rings is 1. The molecule has 3 fully saturated rings. The van der Waals surface area contributed by atoms with Gasteiger partial charge < -0.3 is 96.9 Å². The molecule has 0 spiro atoms.